The maximum Gasteiger partial charge on any atom is 0.335 e. The SMILES string of the molecule is CC(C)N(C(=O)[C@H]1CC[C@H]2[C@@H]3CCC4C=C(C(=O)O)C=C[C@]4(C)[C@H]3CC[C@]12C)C(C)C. The van der Waals surface area contributed by atoms with Crippen LogP contribution in [0.5, 0.6) is 0 Å². The Bertz CT molecular complexity index is 803. The predicted molar refractivity (Wildman–Crippen MR) is 123 cm³/mol. The number of fused-ring (bicyclic) bond motifs is 5. The highest BCUT2D eigenvalue weighted by Gasteiger charge is 2.60. The monoisotopic (exact) mass is 427 g/mol. The molecule has 172 valence electrons. The molecule has 0 spiro atoms. The lowest BCUT2D eigenvalue weighted by Gasteiger charge is -2.58. The fourth-order valence-electron chi connectivity index (χ4n) is 8.31. The number of hydrogen-bond donors (Lipinski definition) is 1. The lowest BCUT2D eigenvalue weighted by Crippen LogP contribution is -2.54. The summed E-state index contributed by atoms with van der Waals surface area (Å²) in [5.41, 5.74) is 0.604. The van der Waals surface area contributed by atoms with Gasteiger partial charge in [-0.2, -0.15) is 0 Å². The van der Waals surface area contributed by atoms with Crippen molar-refractivity contribution >= 4 is 11.9 Å². The molecule has 0 saturated heterocycles. The van der Waals surface area contributed by atoms with Crippen LogP contribution in [0.15, 0.2) is 23.8 Å². The highest BCUT2D eigenvalue weighted by Crippen LogP contribution is 2.66. The van der Waals surface area contributed by atoms with E-state index >= 15 is 0 Å². The molecule has 0 aliphatic heterocycles. The van der Waals surface area contributed by atoms with E-state index in [1.807, 2.05) is 12.2 Å². The minimum Gasteiger partial charge on any atom is -0.478 e. The number of hydrogen-bond acceptors (Lipinski definition) is 2. The van der Waals surface area contributed by atoms with E-state index in [1.165, 1.54) is 12.8 Å². The average Bonchev–Trinajstić information content (AvgIpc) is 3.03. The van der Waals surface area contributed by atoms with Crippen LogP contribution in [0.25, 0.3) is 0 Å². The van der Waals surface area contributed by atoms with Crippen molar-refractivity contribution in [1.29, 1.82) is 0 Å². The first kappa shape index (κ1) is 22.6. The fourth-order valence-corrected chi connectivity index (χ4v) is 8.31. The lowest BCUT2D eigenvalue weighted by molar-refractivity contribution is -0.147. The second kappa shape index (κ2) is 7.78. The zero-order chi connectivity index (χ0) is 22.7. The molecule has 1 unspecified atom stereocenters. The molecule has 4 aliphatic rings. The van der Waals surface area contributed by atoms with Gasteiger partial charge in [0.05, 0.1) is 5.57 Å². The quantitative estimate of drug-likeness (QED) is 0.627. The first-order valence-corrected chi connectivity index (χ1v) is 12.5. The number of aliphatic carboxylic acids is 1. The lowest BCUT2D eigenvalue weighted by atomic mass is 9.46. The van der Waals surface area contributed by atoms with E-state index in [4.69, 9.17) is 0 Å². The highest BCUT2D eigenvalue weighted by molar-refractivity contribution is 5.90. The molecule has 0 aromatic rings. The second-order valence-corrected chi connectivity index (χ2v) is 11.8. The number of nitrogens with zero attached hydrogens (tertiary/aromatic N) is 1. The number of amides is 1. The molecule has 0 aromatic carbocycles. The Hall–Kier alpha value is -1.58. The van der Waals surface area contributed by atoms with Crippen LogP contribution in [0.2, 0.25) is 0 Å². The largest absolute Gasteiger partial charge is 0.478 e. The molecule has 4 heteroatoms. The van der Waals surface area contributed by atoms with E-state index in [9.17, 15) is 14.7 Å². The van der Waals surface area contributed by atoms with Crippen molar-refractivity contribution in [3.05, 3.63) is 23.8 Å². The van der Waals surface area contributed by atoms with Crippen molar-refractivity contribution in [1.82, 2.24) is 4.90 Å². The van der Waals surface area contributed by atoms with Gasteiger partial charge in [0.1, 0.15) is 0 Å². The molecule has 1 amide bonds. The van der Waals surface area contributed by atoms with E-state index in [1.54, 1.807) is 0 Å². The van der Waals surface area contributed by atoms with Gasteiger partial charge in [0.2, 0.25) is 5.91 Å². The van der Waals surface area contributed by atoms with Crippen LogP contribution in [0.3, 0.4) is 0 Å². The van der Waals surface area contributed by atoms with Gasteiger partial charge in [0.15, 0.2) is 0 Å². The number of allylic oxidation sites excluding steroid dienone is 2. The molecule has 7 atom stereocenters. The van der Waals surface area contributed by atoms with Crippen LogP contribution in [0.1, 0.15) is 80.1 Å². The molecular weight excluding hydrogens is 386 g/mol. The standard InChI is InChI=1S/C27H41NO3/c1-16(2)28(17(3)4)24(29)23-10-9-21-20-8-7-19-15-18(25(30)31)11-13-26(19,5)22(20)12-14-27(21,23)6/h11,13,15-17,19-23H,7-10,12,14H2,1-6H3,(H,30,31)/t19?,20-,21-,22-,23+,26-,27-/m0/s1. The van der Waals surface area contributed by atoms with Crippen LogP contribution >= 0.6 is 0 Å². The second-order valence-electron chi connectivity index (χ2n) is 11.8. The summed E-state index contributed by atoms with van der Waals surface area (Å²) in [6, 6.07) is 0.479. The molecule has 4 aliphatic carbocycles. The van der Waals surface area contributed by atoms with Crippen LogP contribution in [-0.2, 0) is 9.59 Å². The number of carbonyl (C=O) groups excluding carboxylic acids is 1. The fraction of sp³-hybridized carbons (Fsp3) is 0.778. The van der Waals surface area contributed by atoms with Crippen molar-refractivity contribution in [3.8, 4) is 0 Å². The van der Waals surface area contributed by atoms with Gasteiger partial charge in [-0.25, -0.2) is 4.79 Å². The third kappa shape index (κ3) is 3.40. The van der Waals surface area contributed by atoms with E-state index in [2.05, 4.69) is 52.5 Å². The zero-order valence-corrected chi connectivity index (χ0v) is 20.2. The van der Waals surface area contributed by atoms with Gasteiger partial charge in [-0.3, -0.25) is 4.79 Å². The summed E-state index contributed by atoms with van der Waals surface area (Å²) in [5, 5.41) is 9.45. The van der Waals surface area contributed by atoms with Crippen molar-refractivity contribution in [3.63, 3.8) is 0 Å². The van der Waals surface area contributed by atoms with Crippen LogP contribution < -0.4 is 0 Å². The summed E-state index contributed by atoms with van der Waals surface area (Å²) < 4.78 is 0. The molecule has 4 nitrogen and oxygen atoms in total. The zero-order valence-electron chi connectivity index (χ0n) is 20.2. The molecule has 31 heavy (non-hydrogen) atoms. The maximum atomic E-state index is 13.7. The molecule has 0 heterocycles. The Labute approximate surface area is 188 Å². The van der Waals surface area contributed by atoms with E-state index in [0.717, 1.165) is 25.7 Å². The predicted octanol–water partition coefficient (Wildman–Crippen LogP) is 5.69. The molecule has 0 bridgehead atoms. The number of rotatable bonds is 4. The molecule has 4 rings (SSSR count). The first-order valence-electron chi connectivity index (χ1n) is 12.5. The van der Waals surface area contributed by atoms with Gasteiger partial charge < -0.3 is 10.0 Å². The Morgan fingerprint density at radius 2 is 1.68 bits per heavy atom. The Kier molecular flexibility index (Phi) is 5.67. The molecule has 0 radical (unpaired) electrons. The Balaban J connectivity index is 1.58. The van der Waals surface area contributed by atoms with E-state index in [-0.39, 0.29) is 28.8 Å². The van der Waals surface area contributed by atoms with E-state index in [0.29, 0.717) is 35.2 Å². The minimum absolute atomic E-state index is 0.0488. The average molecular weight is 428 g/mol. The number of carboxylic acid groups (broad SMARTS) is 1. The number of carbonyl (C=O) groups is 2. The summed E-state index contributed by atoms with van der Waals surface area (Å²) >= 11 is 0. The minimum atomic E-state index is -0.811. The maximum absolute atomic E-state index is 13.7. The van der Waals surface area contributed by atoms with Crippen molar-refractivity contribution in [2.24, 2.45) is 40.4 Å². The third-order valence-electron chi connectivity index (χ3n) is 9.76. The van der Waals surface area contributed by atoms with Gasteiger partial charge in [-0.15, -0.1) is 0 Å². The molecule has 1 N–H and O–H groups in total. The molecule has 3 fully saturated rings. The van der Waals surface area contributed by atoms with Gasteiger partial charge in [0, 0.05) is 18.0 Å². The summed E-state index contributed by atoms with van der Waals surface area (Å²) in [6.07, 6.45) is 12.8. The van der Waals surface area contributed by atoms with Crippen molar-refractivity contribution in [2.75, 3.05) is 0 Å². The smallest absolute Gasteiger partial charge is 0.335 e. The third-order valence-corrected chi connectivity index (χ3v) is 9.76. The van der Waals surface area contributed by atoms with Crippen molar-refractivity contribution in [2.45, 2.75) is 92.2 Å². The molecule has 0 aromatic heterocycles. The van der Waals surface area contributed by atoms with Gasteiger partial charge in [-0.05, 0) is 101 Å². The highest BCUT2D eigenvalue weighted by atomic mass is 16.4. The van der Waals surface area contributed by atoms with Crippen LogP contribution in [-0.4, -0.2) is 34.0 Å². The summed E-state index contributed by atoms with van der Waals surface area (Å²) in [7, 11) is 0. The number of carboxylic acids is 1. The summed E-state index contributed by atoms with van der Waals surface area (Å²) in [4.78, 5) is 27.3. The van der Waals surface area contributed by atoms with Crippen molar-refractivity contribution < 1.29 is 14.7 Å². The van der Waals surface area contributed by atoms with Gasteiger partial charge in [-0.1, -0.05) is 32.1 Å². The van der Waals surface area contributed by atoms with Crippen LogP contribution in [0.4, 0.5) is 0 Å². The Morgan fingerprint density at radius 1 is 1.00 bits per heavy atom. The van der Waals surface area contributed by atoms with Gasteiger partial charge >= 0.3 is 5.97 Å². The normalized spacial score (nSPS) is 41.4. The van der Waals surface area contributed by atoms with Gasteiger partial charge in [0.25, 0.3) is 0 Å². The molecular formula is C27H41NO3. The summed E-state index contributed by atoms with van der Waals surface area (Å²) in [5.74, 6) is 1.88. The first-order chi connectivity index (χ1) is 14.5. The van der Waals surface area contributed by atoms with Crippen LogP contribution in [0, 0.1) is 40.4 Å². The molecule has 3 saturated carbocycles. The van der Waals surface area contributed by atoms with E-state index < -0.39 is 5.97 Å². The topological polar surface area (TPSA) is 57.6 Å². The Morgan fingerprint density at radius 3 is 2.29 bits per heavy atom. The summed E-state index contributed by atoms with van der Waals surface area (Å²) in [6.45, 7) is 13.3.